The van der Waals surface area contributed by atoms with Crippen LogP contribution in [0.3, 0.4) is 0 Å². The number of pyridine rings is 1. The molecule has 0 aliphatic heterocycles. The minimum absolute atomic E-state index is 0.0335. The Morgan fingerprint density at radius 2 is 2.37 bits per heavy atom. The lowest BCUT2D eigenvalue weighted by atomic mass is 9.91. The van der Waals surface area contributed by atoms with Gasteiger partial charge in [-0.2, -0.15) is 11.8 Å². The van der Waals surface area contributed by atoms with Gasteiger partial charge in [0.2, 0.25) is 5.56 Å². The Bertz CT molecular complexity index is 485. The zero-order chi connectivity index (χ0) is 13.9. The van der Waals surface area contributed by atoms with Crippen LogP contribution in [0.2, 0.25) is 0 Å². The summed E-state index contributed by atoms with van der Waals surface area (Å²) in [6.07, 6.45) is 5.05. The number of H-pyrrole nitrogens is 1. The number of aryl methyl sites for hydroxylation is 1. The Morgan fingerprint density at radius 1 is 1.58 bits per heavy atom. The molecule has 0 amide bonds. The summed E-state index contributed by atoms with van der Waals surface area (Å²) in [5, 5.41) is 13.6. The zero-order valence-electron chi connectivity index (χ0n) is 11.5. The molecular formula is C14H22N2O2S. The van der Waals surface area contributed by atoms with Crippen molar-refractivity contribution in [3.8, 4) is 0 Å². The smallest absolute Gasteiger partial charge is 0.248 e. The van der Waals surface area contributed by atoms with Crippen molar-refractivity contribution >= 4 is 11.8 Å². The van der Waals surface area contributed by atoms with Gasteiger partial charge in [0.1, 0.15) is 0 Å². The van der Waals surface area contributed by atoms with E-state index in [1.165, 1.54) is 5.56 Å². The Hall–Kier alpha value is -0.780. The average Bonchev–Trinajstić information content (AvgIpc) is 2.36. The number of aromatic amines is 1. The van der Waals surface area contributed by atoms with Gasteiger partial charge in [-0.25, -0.2) is 0 Å². The normalized spacial score (nSPS) is 21.7. The number of thioether (sulfide) groups is 1. The standard InChI is InChI=1S/C14H22N2O2S/c1-14(18,9-19-2)8-15-11-4-3-5-12-10(11)6-7-13(17)16-12/h6-7,11,15,18H,3-5,8-9H2,1-2H3,(H,16,17). The van der Waals surface area contributed by atoms with Crippen molar-refractivity contribution in [2.45, 2.75) is 37.8 Å². The van der Waals surface area contributed by atoms with Gasteiger partial charge in [0, 0.05) is 30.1 Å². The fourth-order valence-electron chi connectivity index (χ4n) is 2.62. The van der Waals surface area contributed by atoms with Gasteiger partial charge in [-0.05, 0) is 38.0 Å². The zero-order valence-corrected chi connectivity index (χ0v) is 12.3. The molecule has 5 heteroatoms. The van der Waals surface area contributed by atoms with E-state index in [-0.39, 0.29) is 11.6 Å². The molecule has 2 unspecified atom stereocenters. The van der Waals surface area contributed by atoms with Gasteiger partial charge >= 0.3 is 0 Å². The van der Waals surface area contributed by atoms with E-state index in [0.717, 1.165) is 25.0 Å². The van der Waals surface area contributed by atoms with E-state index in [0.29, 0.717) is 12.3 Å². The molecule has 0 spiro atoms. The van der Waals surface area contributed by atoms with Crippen LogP contribution in [0.5, 0.6) is 0 Å². The van der Waals surface area contributed by atoms with Crippen LogP contribution in [0, 0.1) is 0 Å². The fourth-order valence-corrected chi connectivity index (χ4v) is 3.34. The number of aromatic nitrogens is 1. The molecule has 2 rings (SSSR count). The van der Waals surface area contributed by atoms with Crippen molar-refractivity contribution in [1.29, 1.82) is 0 Å². The molecule has 106 valence electrons. The van der Waals surface area contributed by atoms with Gasteiger partial charge in [-0.15, -0.1) is 0 Å². The van der Waals surface area contributed by atoms with Crippen LogP contribution < -0.4 is 10.9 Å². The van der Waals surface area contributed by atoms with E-state index in [9.17, 15) is 9.90 Å². The third kappa shape index (κ3) is 3.84. The van der Waals surface area contributed by atoms with Gasteiger partial charge in [-0.1, -0.05) is 6.07 Å². The average molecular weight is 282 g/mol. The molecule has 1 heterocycles. The molecule has 0 bridgehead atoms. The van der Waals surface area contributed by atoms with Gasteiger partial charge < -0.3 is 15.4 Å². The number of rotatable bonds is 5. The maximum Gasteiger partial charge on any atom is 0.248 e. The van der Waals surface area contributed by atoms with E-state index in [2.05, 4.69) is 10.3 Å². The molecule has 3 N–H and O–H groups in total. The third-order valence-corrected chi connectivity index (χ3v) is 4.43. The molecule has 1 aromatic heterocycles. The fraction of sp³-hybridized carbons (Fsp3) is 0.643. The van der Waals surface area contributed by atoms with Crippen molar-refractivity contribution in [1.82, 2.24) is 10.3 Å². The third-order valence-electron chi connectivity index (χ3n) is 3.52. The predicted molar refractivity (Wildman–Crippen MR) is 79.8 cm³/mol. The highest BCUT2D eigenvalue weighted by Crippen LogP contribution is 2.27. The molecule has 0 aromatic carbocycles. The molecule has 0 saturated heterocycles. The van der Waals surface area contributed by atoms with Gasteiger partial charge in [0.15, 0.2) is 0 Å². The highest BCUT2D eigenvalue weighted by Gasteiger charge is 2.25. The van der Waals surface area contributed by atoms with Gasteiger partial charge in [0.25, 0.3) is 0 Å². The first-order valence-corrected chi connectivity index (χ1v) is 8.08. The molecule has 0 radical (unpaired) electrons. The first-order valence-electron chi connectivity index (χ1n) is 6.69. The molecule has 1 aliphatic rings. The number of hydrogen-bond donors (Lipinski definition) is 3. The molecule has 1 aromatic rings. The first-order chi connectivity index (χ1) is 9.02. The van der Waals surface area contributed by atoms with E-state index in [4.69, 9.17) is 0 Å². The number of nitrogens with one attached hydrogen (secondary N) is 2. The molecule has 0 fully saturated rings. The number of fused-ring (bicyclic) bond motifs is 1. The highest BCUT2D eigenvalue weighted by molar-refractivity contribution is 7.98. The van der Waals surface area contributed by atoms with E-state index < -0.39 is 5.60 Å². The van der Waals surface area contributed by atoms with E-state index >= 15 is 0 Å². The van der Waals surface area contributed by atoms with Crippen LogP contribution in [0.25, 0.3) is 0 Å². The molecule has 2 atom stereocenters. The largest absolute Gasteiger partial charge is 0.388 e. The Labute approximate surface area is 118 Å². The monoisotopic (exact) mass is 282 g/mol. The second-order valence-corrected chi connectivity index (χ2v) is 6.38. The van der Waals surface area contributed by atoms with Crippen LogP contribution in [0.1, 0.15) is 37.1 Å². The minimum Gasteiger partial charge on any atom is -0.388 e. The van der Waals surface area contributed by atoms with Crippen LogP contribution in [-0.4, -0.2) is 34.2 Å². The summed E-state index contributed by atoms with van der Waals surface area (Å²) in [7, 11) is 0. The van der Waals surface area contributed by atoms with Crippen molar-refractivity contribution in [2.75, 3.05) is 18.6 Å². The topological polar surface area (TPSA) is 65.1 Å². The van der Waals surface area contributed by atoms with Gasteiger partial charge in [0.05, 0.1) is 5.60 Å². The van der Waals surface area contributed by atoms with Crippen LogP contribution in [-0.2, 0) is 6.42 Å². The van der Waals surface area contributed by atoms with E-state index in [1.807, 2.05) is 19.2 Å². The summed E-state index contributed by atoms with van der Waals surface area (Å²) in [6.45, 7) is 2.42. The molecule has 19 heavy (non-hydrogen) atoms. The number of hydrogen-bond acceptors (Lipinski definition) is 4. The molecular weight excluding hydrogens is 260 g/mol. The van der Waals surface area contributed by atoms with Crippen molar-refractivity contribution in [3.63, 3.8) is 0 Å². The van der Waals surface area contributed by atoms with Crippen LogP contribution in [0.15, 0.2) is 16.9 Å². The molecule has 1 aliphatic carbocycles. The van der Waals surface area contributed by atoms with Crippen molar-refractivity contribution in [2.24, 2.45) is 0 Å². The lowest BCUT2D eigenvalue weighted by molar-refractivity contribution is 0.0805. The van der Waals surface area contributed by atoms with Crippen molar-refractivity contribution < 1.29 is 5.11 Å². The van der Waals surface area contributed by atoms with Gasteiger partial charge in [-0.3, -0.25) is 4.79 Å². The second-order valence-electron chi connectivity index (χ2n) is 5.51. The Balaban J connectivity index is 2.06. The maximum absolute atomic E-state index is 11.3. The minimum atomic E-state index is -0.695. The summed E-state index contributed by atoms with van der Waals surface area (Å²) < 4.78 is 0. The van der Waals surface area contributed by atoms with Crippen LogP contribution >= 0.6 is 11.8 Å². The summed E-state index contributed by atoms with van der Waals surface area (Å²) in [5.74, 6) is 0.713. The summed E-state index contributed by atoms with van der Waals surface area (Å²) in [6, 6.07) is 3.72. The second kappa shape index (κ2) is 6.11. The lowest BCUT2D eigenvalue weighted by Crippen LogP contribution is -2.42. The Morgan fingerprint density at radius 3 is 3.11 bits per heavy atom. The molecule has 0 saturated carbocycles. The highest BCUT2D eigenvalue weighted by atomic mass is 32.2. The Kier molecular flexibility index (Phi) is 4.71. The number of aliphatic hydroxyl groups is 1. The SMILES string of the molecule is CSCC(C)(O)CNC1CCCc2[nH]c(=O)ccc21. The lowest BCUT2D eigenvalue weighted by Gasteiger charge is -2.30. The summed E-state index contributed by atoms with van der Waals surface area (Å²) in [5.41, 5.74) is 1.49. The van der Waals surface area contributed by atoms with Crippen LogP contribution in [0.4, 0.5) is 0 Å². The molecule has 4 nitrogen and oxygen atoms in total. The maximum atomic E-state index is 11.3. The first kappa shape index (κ1) is 14.6. The summed E-state index contributed by atoms with van der Waals surface area (Å²) >= 11 is 1.65. The van der Waals surface area contributed by atoms with Crippen molar-refractivity contribution in [3.05, 3.63) is 33.7 Å². The van der Waals surface area contributed by atoms with E-state index in [1.54, 1.807) is 17.8 Å². The quantitative estimate of drug-likeness (QED) is 0.765. The predicted octanol–water partition coefficient (Wildman–Crippen LogP) is 1.46. The summed E-state index contributed by atoms with van der Waals surface area (Å²) in [4.78, 5) is 14.2.